The standard InChI is InChI=1S/C22H25N3O2/c1-22(2,3)27-16-10-11-17(18(14-16)21(26)24-15-6-4-7-15)19-8-5-9-20-23-12-13-25(19)20/h5,8-15H,4,6-7H2,1-3H3,(H,24,26). The monoisotopic (exact) mass is 363 g/mol. The Bertz CT molecular complexity index is 981. The summed E-state index contributed by atoms with van der Waals surface area (Å²) in [5.74, 6) is 0.647. The number of carbonyl (C=O) groups excluding carboxylic acids is 1. The molecule has 0 bridgehead atoms. The molecule has 0 aliphatic heterocycles. The summed E-state index contributed by atoms with van der Waals surface area (Å²) in [6.45, 7) is 6.00. The van der Waals surface area contributed by atoms with Crippen LogP contribution in [0.5, 0.6) is 5.75 Å². The molecule has 1 amide bonds. The maximum atomic E-state index is 13.0. The van der Waals surface area contributed by atoms with Crippen LogP contribution >= 0.6 is 0 Å². The van der Waals surface area contributed by atoms with Gasteiger partial charge in [0.05, 0.1) is 11.3 Å². The van der Waals surface area contributed by atoms with Crippen LogP contribution < -0.4 is 10.1 Å². The van der Waals surface area contributed by atoms with Crippen molar-refractivity contribution in [3.05, 3.63) is 54.4 Å². The summed E-state index contributed by atoms with van der Waals surface area (Å²) in [6, 6.07) is 11.9. The third kappa shape index (κ3) is 3.68. The molecule has 5 nitrogen and oxygen atoms in total. The molecule has 0 unspecified atom stereocenters. The first-order chi connectivity index (χ1) is 12.9. The maximum Gasteiger partial charge on any atom is 0.252 e. The lowest BCUT2D eigenvalue weighted by Gasteiger charge is -2.27. The van der Waals surface area contributed by atoms with Gasteiger partial charge in [0.2, 0.25) is 0 Å². The topological polar surface area (TPSA) is 55.6 Å². The van der Waals surface area contributed by atoms with Crippen molar-refractivity contribution >= 4 is 11.6 Å². The van der Waals surface area contributed by atoms with Gasteiger partial charge in [-0.3, -0.25) is 9.20 Å². The average molecular weight is 363 g/mol. The summed E-state index contributed by atoms with van der Waals surface area (Å²) < 4.78 is 8.00. The quantitative estimate of drug-likeness (QED) is 0.744. The highest BCUT2D eigenvalue weighted by Gasteiger charge is 2.23. The van der Waals surface area contributed by atoms with E-state index in [4.69, 9.17) is 4.74 Å². The second kappa shape index (κ2) is 6.72. The first-order valence-electron chi connectivity index (χ1n) is 9.47. The molecule has 27 heavy (non-hydrogen) atoms. The van der Waals surface area contributed by atoms with Crippen molar-refractivity contribution < 1.29 is 9.53 Å². The number of ether oxygens (including phenoxy) is 1. The van der Waals surface area contributed by atoms with Gasteiger partial charge in [0, 0.05) is 24.0 Å². The minimum Gasteiger partial charge on any atom is -0.488 e. The molecule has 140 valence electrons. The van der Waals surface area contributed by atoms with E-state index in [1.165, 1.54) is 6.42 Å². The third-order valence-electron chi connectivity index (χ3n) is 4.80. The molecule has 0 saturated heterocycles. The third-order valence-corrected chi connectivity index (χ3v) is 4.80. The number of pyridine rings is 1. The number of fused-ring (bicyclic) bond motifs is 1. The SMILES string of the molecule is CC(C)(C)Oc1ccc(-c2cccc3nccn23)c(C(=O)NC2CCC2)c1. The molecular formula is C22H25N3O2. The normalized spacial score (nSPS) is 14.8. The molecule has 3 aromatic rings. The zero-order chi connectivity index (χ0) is 19.0. The fourth-order valence-corrected chi connectivity index (χ4v) is 3.33. The number of hydrogen-bond acceptors (Lipinski definition) is 3. The average Bonchev–Trinajstić information content (AvgIpc) is 3.05. The van der Waals surface area contributed by atoms with Gasteiger partial charge in [-0.15, -0.1) is 0 Å². The smallest absolute Gasteiger partial charge is 0.252 e. The van der Waals surface area contributed by atoms with E-state index >= 15 is 0 Å². The van der Waals surface area contributed by atoms with Crippen LogP contribution in [-0.4, -0.2) is 26.9 Å². The van der Waals surface area contributed by atoms with Gasteiger partial charge in [-0.1, -0.05) is 6.07 Å². The Hall–Kier alpha value is -2.82. The molecule has 5 heteroatoms. The second-order valence-corrected chi connectivity index (χ2v) is 8.09. The lowest BCUT2D eigenvalue weighted by molar-refractivity contribution is 0.0914. The summed E-state index contributed by atoms with van der Waals surface area (Å²) in [7, 11) is 0. The summed E-state index contributed by atoms with van der Waals surface area (Å²) in [4.78, 5) is 17.4. The van der Waals surface area contributed by atoms with Gasteiger partial charge in [-0.05, 0) is 70.4 Å². The molecule has 1 aliphatic carbocycles. The van der Waals surface area contributed by atoms with E-state index in [9.17, 15) is 4.79 Å². The molecule has 1 saturated carbocycles. The molecule has 0 radical (unpaired) electrons. The van der Waals surface area contributed by atoms with E-state index in [1.807, 2.05) is 67.8 Å². The van der Waals surface area contributed by atoms with E-state index in [1.54, 1.807) is 6.20 Å². The first-order valence-corrected chi connectivity index (χ1v) is 9.47. The first kappa shape index (κ1) is 17.6. The van der Waals surface area contributed by atoms with Crippen LogP contribution in [0.25, 0.3) is 16.9 Å². The number of rotatable bonds is 4. The van der Waals surface area contributed by atoms with Crippen molar-refractivity contribution in [2.75, 3.05) is 0 Å². The van der Waals surface area contributed by atoms with Crippen molar-refractivity contribution in [1.82, 2.24) is 14.7 Å². The zero-order valence-corrected chi connectivity index (χ0v) is 16.0. The highest BCUT2D eigenvalue weighted by molar-refractivity contribution is 6.01. The van der Waals surface area contributed by atoms with E-state index in [2.05, 4.69) is 10.3 Å². The molecule has 1 aliphatic rings. The maximum absolute atomic E-state index is 13.0. The van der Waals surface area contributed by atoms with Gasteiger partial charge in [0.15, 0.2) is 0 Å². The van der Waals surface area contributed by atoms with Gasteiger partial charge in [0.25, 0.3) is 5.91 Å². The Morgan fingerprint density at radius 2 is 2.04 bits per heavy atom. The van der Waals surface area contributed by atoms with Crippen LogP contribution in [0.3, 0.4) is 0 Å². The number of amides is 1. The van der Waals surface area contributed by atoms with Crippen molar-refractivity contribution in [2.45, 2.75) is 51.7 Å². The Kier molecular flexibility index (Phi) is 4.38. The van der Waals surface area contributed by atoms with E-state index in [-0.39, 0.29) is 17.6 Å². The second-order valence-electron chi connectivity index (χ2n) is 8.09. The van der Waals surface area contributed by atoms with Crippen molar-refractivity contribution in [3.63, 3.8) is 0 Å². The fourth-order valence-electron chi connectivity index (χ4n) is 3.33. The van der Waals surface area contributed by atoms with Gasteiger partial charge >= 0.3 is 0 Å². The lowest BCUT2D eigenvalue weighted by atomic mass is 9.92. The summed E-state index contributed by atoms with van der Waals surface area (Å²) in [6.07, 6.45) is 6.97. The Morgan fingerprint density at radius 1 is 1.22 bits per heavy atom. The van der Waals surface area contributed by atoms with Crippen LogP contribution in [0.15, 0.2) is 48.8 Å². The highest BCUT2D eigenvalue weighted by atomic mass is 16.5. The summed E-state index contributed by atoms with van der Waals surface area (Å²) in [5, 5.41) is 3.16. The van der Waals surface area contributed by atoms with Gasteiger partial charge in [-0.2, -0.15) is 0 Å². The Morgan fingerprint density at radius 3 is 2.74 bits per heavy atom. The van der Waals surface area contributed by atoms with E-state index in [0.29, 0.717) is 11.3 Å². The zero-order valence-electron chi connectivity index (χ0n) is 16.0. The molecule has 1 N–H and O–H groups in total. The number of benzene rings is 1. The van der Waals surface area contributed by atoms with Gasteiger partial charge in [0.1, 0.15) is 17.0 Å². The molecule has 2 heterocycles. The number of carbonyl (C=O) groups is 1. The molecule has 0 atom stereocenters. The van der Waals surface area contributed by atoms with Crippen molar-refractivity contribution in [1.29, 1.82) is 0 Å². The Balaban J connectivity index is 1.79. The van der Waals surface area contributed by atoms with Crippen LogP contribution in [0.4, 0.5) is 0 Å². The number of hydrogen-bond donors (Lipinski definition) is 1. The fraction of sp³-hybridized carbons (Fsp3) is 0.364. The number of aromatic nitrogens is 2. The van der Waals surface area contributed by atoms with Gasteiger partial charge in [-0.25, -0.2) is 4.98 Å². The predicted molar refractivity (Wildman–Crippen MR) is 106 cm³/mol. The van der Waals surface area contributed by atoms with Crippen LogP contribution in [0.1, 0.15) is 50.4 Å². The lowest BCUT2D eigenvalue weighted by Crippen LogP contribution is -2.39. The van der Waals surface area contributed by atoms with Crippen LogP contribution in [0, 0.1) is 0 Å². The molecule has 4 rings (SSSR count). The van der Waals surface area contributed by atoms with Crippen molar-refractivity contribution in [2.24, 2.45) is 0 Å². The largest absolute Gasteiger partial charge is 0.488 e. The van der Waals surface area contributed by atoms with Crippen molar-refractivity contribution in [3.8, 4) is 17.0 Å². The number of nitrogens with zero attached hydrogens (tertiary/aromatic N) is 2. The molecule has 2 aromatic heterocycles. The minimum atomic E-state index is -0.326. The van der Waals surface area contributed by atoms with Crippen LogP contribution in [0.2, 0.25) is 0 Å². The Labute approximate surface area is 159 Å². The van der Waals surface area contributed by atoms with E-state index < -0.39 is 0 Å². The molecular weight excluding hydrogens is 338 g/mol. The summed E-state index contributed by atoms with van der Waals surface area (Å²) in [5.41, 5.74) is 2.97. The minimum absolute atomic E-state index is 0.0498. The van der Waals surface area contributed by atoms with E-state index in [0.717, 1.165) is 29.7 Å². The van der Waals surface area contributed by atoms with Gasteiger partial charge < -0.3 is 10.1 Å². The summed E-state index contributed by atoms with van der Waals surface area (Å²) >= 11 is 0. The molecule has 0 spiro atoms. The highest BCUT2D eigenvalue weighted by Crippen LogP contribution is 2.30. The number of nitrogens with one attached hydrogen (secondary N) is 1. The number of imidazole rings is 1. The van der Waals surface area contributed by atoms with Crippen LogP contribution in [-0.2, 0) is 0 Å². The molecule has 1 fully saturated rings. The molecule has 1 aromatic carbocycles. The predicted octanol–water partition coefficient (Wildman–Crippen LogP) is 4.46.